The van der Waals surface area contributed by atoms with Gasteiger partial charge in [-0.1, -0.05) is 13.0 Å². The molecule has 3 aromatic rings. The van der Waals surface area contributed by atoms with Gasteiger partial charge >= 0.3 is 0 Å². The van der Waals surface area contributed by atoms with E-state index in [9.17, 15) is 4.79 Å². The lowest BCUT2D eigenvalue weighted by molar-refractivity contribution is 0.0611. The average molecular weight is 321 g/mol. The second-order valence-corrected chi connectivity index (χ2v) is 5.90. The van der Waals surface area contributed by atoms with Crippen LogP contribution < -0.4 is 0 Å². The van der Waals surface area contributed by atoms with Crippen LogP contribution in [0.15, 0.2) is 55.2 Å². The smallest absolute Gasteiger partial charge is 0.273 e. The number of carbonyl (C=O) groups is 1. The minimum atomic E-state index is -0.0173. The van der Waals surface area contributed by atoms with E-state index in [2.05, 4.69) is 33.7 Å². The van der Waals surface area contributed by atoms with Gasteiger partial charge in [-0.3, -0.25) is 9.36 Å². The van der Waals surface area contributed by atoms with Crippen LogP contribution in [-0.4, -0.2) is 36.5 Å². The Labute approximate surface area is 140 Å². The van der Waals surface area contributed by atoms with Crippen LogP contribution in [0.3, 0.4) is 0 Å². The van der Waals surface area contributed by atoms with Crippen molar-refractivity contribution in [3.8, 4) is 5.82 Å². The average Bonchev–Trinajstić information content (AvgIpc) is 3.31. The highest BCUT2D eigenvalue weighted by molar-refractivity contribution is 5.92. The Morgan fingerprint density at radius 2 is 2.12 bits per heavy atom. The van der Waals surface area contributed by atoms with Crippen LogP contribution >= 0.6 is 0 Å². The van der Waals surface area contributed by atoms with Gasteiger partial charge in [0.2, 0.25) is 0 Å². The van der Waals surface area contributed by atoms with Gasteiger partial charge in [-0.05, 0) is 30.7 Å². The zero-order chi connectivity index (χ0) is 16.5. The molecule has 0 radical (unpaired) electrons. The molecule has 0 aliphatic carbocycles. The van der Waals surface area contributed by atoms with E-state index in [1.54, 1.807) is 23.2 Å². The first-order valence-electron chi connectivity index (χ1n) is 8.19. The second-order valence-electron chi connectivity index (χ2n) is 5.90. The van der Waals surface area contributed by atoms with Gasteiger partial charge in [-0.25, -0.2) is 9.97 Å². The van der Waals surface area contributed by atoms with E-state index in [1.807, 2.05) is 29.3 Å². The summed E-state index contributed by atoms with van der Waals surface area (Å²) in [5.41, 5.74) is 1.67. The molecule has 0 saturated heterocycles. The third-order valence-electron chi connectivity index (χ3n) is 4.53. The van der Waals surface area contributed by atoms with Crippen LogP contribution in [0.1, 0.15) is 35.6 Å². The maximum absolute atomic E-state index is 13.1. The quantitative estimate of drug-likeness (QED) is 0.745. The zero-order valence-corrected chi connectivity index (χ0v) is 13.5. The SMILES string of the molecule is CC[C@H]1c2cccn2CCN1C(=O)c1cccc(-n2ccnc2)n1. The number of imidazole rings is 1. The number of nitrogens with zero attached hydrogens (tertiary/aromatic N) is 5. The highest BCUT2D eigenvalue weighted by atomic mass is 16.2. The number of hydrogen-bond acceptors (Lipinski definition) is 3. The molecule has 0 fully saturated rings. The molecule has 4 heterocycles. The van der Waals surface area contributed by atoms with Gasteiger partial charge in [-0.15, -0.1) is 0 Å². The monoisotopic (exact) mass is 321 g/mol. The zero-order valence-electron chi connectivity index (χ0n) is 13.5. The molecule has 3 aromatic heterocycles. The molecule has 0 unspecified atom stereocenters. The Hall–Kier alpha value is -2.89. The van der Waals surface area contributed by atoms with Crippen LogP contribution in [0.25, 0.3) is 5.82 Å². The molecule has 1 aliphatic rings. The molecule has 0 N–H and O–H groups in total. The molecular formula is C18H19N5O. The highest BCUT2D eigenvalue weighted by Crippen LogP contribution is 2.29. The highest BCUT2D eigenvalue weighted by Gasteiger charge is 2.30. The predicted molar refractivity (Wildman–Crippen MR) is 89.9 cm³/mol. The van der Waals surface area contributed by atoms with Gasteiger partial charge in [0.25, 0.3) is 5.91 Å². The lowest BCUT2D eigenvalue weighted by Gasteiger charge is -2.36. The topological polar surface area (TPSA) is 56.0 Å². The molecule has 0 aromatic carbocycles. The first kappa shape index (κ1) is 14.7. The second kappa shape index (κ2) is 5.96. The number of carbonyl (C=O) groups excluding carboxylic acids is 1. The molecule has 4 rings (SSSR count). The Morgan fingerprint density at radius 1 is 1.21 bits per heavy atom. The molecular weight excluding hydrogens is 302 g/mol. The Balaban J connectivity index is 1.65. The van der Waals surface area contributed by atoms with E-state index in [-0.39, 0.29) is 11.9 Å². The number of amides is 1. The lowest BCUT2D eigenvalue weighted by Crippen LogP contribution is -2.42. The summed E-state index contributed by atoms with van der Waals surface area (Å²) in [5.74, 6) is 0.683. The first-order valence-corrected chi connectivity index (χ1v) is 8.19. The van der Waals surface area contributed by atoms with Gasteiger partial charge in [0.05, 0.1) is 6.04 Å². The van der Waals surface area contributed by atoms with Gasteiger partial charge < -0.3 is 9.47 Å². The number of pyridine rings is 1. The van der Waals surface area contributed by atoms with E-state index in [4.69, 9.17) is 0 Å². The third-order valence-corrected chi connectivity index (χ3v) is 4.53. The summed E-state index contributed by atoms with van der Waals surface area (Å²) in [6.45, 7) is 3.64. The molecule has 6 nitrogen and oxygen atoms in total. The predicted octanol–water partition coefficient (Wildman–Crippen LogP) is 2.68. The molecule has 122 valence electrons. The third kappa shape index (κ3) is 2.40. The number of fused-ring (bicyclic) bond motifs is 1. The maximum Gasteiger partial charge on any atom is 0.273 e. The summed E-state index contributed by atoms with van der Waals surface area (Å²) in [6.07, 6.45) is 8.16. The van der Waals surface area contributed by atoms with Gasteiger partial charge in [0, 0.05) is 37.4 Å². The molecule has 24 heavy (non-hydrogen) atoms. The van der Waals surface area contributed by atoms with Gasteiger partial charge in [0.1, 0.15) is 17.8 Å². The van der Waals surface area contributed by atoms with Crippen molar-refractivity contribution in [3.05, 3.63) is 66.6 Å². The van der Waals surface area contributed by atoms with Gasteiger partial charge in [0.15, 0.2) is 0 Å². The van der Waals surface area contributed by atoms with E-state index in [1.165, 1.54) is 5.69 Å². The standard InChI is InChI=1S/C18H19N5O/c1-2-15-16-6-4-9-21(16)11-12-23(15)18(24)14-5-3-7-17(20-14)22-10-8-19-13-22/h3-10,13,15H,2,11-12H2,1H3/t15-/m0/s1. The fourth-order valence-electron chi connectivity index (χ4n) is 3.36. The summed E-state index contributed by atoms with van der Waals surface area (Å²) in [4.78, 5) is 23.6. The fourth-order valence-corrected chi connectivity index (χ4v) is 3.36. The molecule has 6 heteroatoms. The van der Waals surface area contributed by atoms with E-state index >= 15 is 0 Å². The summed E-state index contributed by atoms with van der Waals surface area (Å²) >= 11 is 0. The van der Waals surface area contributed by atoms with Crippen LogP contribution in [0, 0.1) is 0 Å². The molecule has 1 amide bonds. The van der Waals surface area contributed by atoms with Crippen molar-refractivity contribution >= 4 is 5.91 Å². The maximum atomic E-state index is 13.1. The van der Waals surface area contributed by atoms with E-state index < -0.39 is 0 Å². The molecule has 0 saturated carbocycles. The summed E-state index contributed by atoms with van der Waals surface area (Å²) in [5, 5.41) is 0. The molecule has 0 spiro atoms. The molecule has 1 aliphatic heterocycles. The van der Waals surface area contributed by atoms with Crippen LogP contribution in [-0.2, 0) is 6.54 Å². The van der Waals surface area contributed by atoms with Crippen LogP contribution in [0.4, 0.5) is 0 Å². The number of rotatable bonds is 3. The Kier molecular flexibility index (Phi) is 3.65. The summed E-state index contributed by atoms with van der Waals surface area (Å²) in [7, 11) is 0. The van der Waals surface area contributed by atoms with Crippen molar-refractivity contribution in [3.63, 3.8) is 0 Å². The first-order chi connectivity index (χ1) is 11.8. The lowest BCUT2D eigenvalue weighted by atomic mass is 10.1. The van der Waals surface area contributed by atoms with Crippen molar-refractivity contribution < 1.29 is 4.79 Å². The fraction of sp³-hybridized carbons (Fsp3) is 0.278. The largest absolute Gasteiger partial charge is 0.348 e. The van der Waals surface area contributed by atoms with Crippen molar-refractivity contribution in [2.24, 2.45) is 0 Å². The van der Waals surface area contributed by atoms with Crippen molar-refractivity contribution in [1.29, 1.82) is 0 Å². The van der Waals surface area contributed by atoms with Crippen molar-refractivity contribution in [2.75, 3.05) is 6.54 Å². The van der Waals surface area contributed by atoms with E-state index in [0.29, 0.717) is 18.1 Å². The van der Waals surface area contributed by atoms with Gasteiger partial charge in [-0.2, -0.15) is 0 Å². The molecule has 1 atom stereocenters. The van der Waals surface area contributed by atoms with Crippen LogP contribution in [0.2, 0.25) is 0 Å². The Morgan fingerprint density at radius 3 is 2.92 bits per heavy atom. The molecule has 0 bridgehead atoms. The van der Waals surface area contributed by atoms with Crippen LogP contribution in [0.5, 0.6) is 0 Å². The minimum absolute atomic E-state index is 0.0173. The van der Waals surface area contributed by atoms with Crippen molar-refractivity contribution in [2.45, 2.75) is 25.9 Å². The van der Waals surface area contributed by atoms with E-state index in [0.717, 1.165) is 13.0 Å². The van der Waals surface area contributed by atoms with Crippen molar-refractivity contribution in [1.82, 2.24) is 24.0 Å². The Bertz CT molecular complexity index is 852. The summed E-state index contributed by atoms with van der Waals surface area (Å²) in [6, 6.07) is 9.76. The summed E-state index contributed by atoms with van der Waals surface area (Å²) < 4.78 is 4.03. The normalized spacial score (nSPS) is 16.9. The number of hydrogen-bond donors (Lipinski definition) is 0. The minimum Gasteiger partial charge on any atom is -0.348 e. The number of aromatic nitrogens is 4.